The first-order chi connectivity index (χ1) is 16.0. The van der Waals surface area contributed by atoms with Crippen molar-refractivity contribution in [3.05, 3.63) is 88.9 Å². The molecule has 6 nitrogen and oxygen atoms in total. The topological polar surface area (TPSA) is 83.3 Å². The van der Waals surface area contributed by atoms with Gasteiger partial charge in [-0.15, -0.1) is 5.11 Å². The van der Waals surface area contributed by atoms with E-state index in [1.165, 1.54) is 0 Å². The van der Waals surface area contributed by atoms with E-state index in [-0.39, 0.29) is 17.0 Å². The molecule has 4 rings (SSSR count). The molecule has 0 atom stereocenters. The molecule has 0 bridgehead atoms. The number of phenols is 1. The average Bonchev–Trinajstić information content (AvgIpc) is 2.81. The summed E-state index contributed by atoms with van der Waals surface area (Å²) in [7, 11) is 0. The molecular formula is C26H22ClN3O3. The van der Waals surface area contributed by atoms with Gasteiger partial charge < -0.3 is 15.2 Å². The Kier molecular flexibility index (Phi) is 6.56. The van der Waals surface area contributed by atoms with E-state index in [0.29, 0.717) is 34.1 Å². The number of halogens is 1. The van der Waals surface area contributed by atoms with E-state index in [9.17, 15) is 9.90 Å². The number of carbonyl (C=O) groups excluding carboxylic acids is 1. The van der Waals surface area contributed by atoms with E-state index in [0.717, 1.165) is 10.9 Å². The number of rotatable bonds is 6. The normalized spacial score (nSPS) is 11.1. The van der Waals surface area contributed by atoms with Crippen LogP contribution in [0.3, 0.4) is 0 Å². The molecule has 0 radical (unpaired) electrons. The van der Waals surface area contributed by atoms with Crippen LogP contribution in [0.15, 0.2) is 83.0 Å². The SMILES string of the molecule is CCOc1ccccc1NC(=O)c1cc2ccccc2c(N=Nc2cc(Cl)ccc2C)c1O. The highest BCUT2D eigenvalue weighted by molar-refractivity contribution is 6.30. The number of hydrogen-bond donors (Lipinski definition) is 2. The predicted octanol–water partition coefficient (Wildman–Crippen LogP) is 7.57. The monoisotopic (exact) mass is 459 g/mol. The van der Waals surface area contributed by atoms with Crippen molar-refractivity contribution in [3.8, 4) is 11.5 Å². The first-order valence-corrected chi connectivity index (χ1v) is 10.8. The summed E-state index contributed by atoms with van der Waals surface area (Å²) in [4.78, 5) is 13.1. The summed E-state index contributed by atoms with van der Waals surface area (Å²) >= 11 is 6.09. The molecular weight excluding hydrogens is 438 g/mol. The van der Waals surface area contributed by atoms with E-state index < -0.39 is 5.91 Å². The van der Waals surface area contributed by atoms with Gasteiger partial charge in [0.25, 0.3) is 5.91 Å². The van der Waals surface area contributed by atoms with Crippen molar-refractivity contribution in [2.24, 2.45) is 10.2 Å². The molecule has 0 saturated heterocycles. The van der Waals surface area contributed by atoms with Crippen molar-refractivity contribution >= 4 is 45.3 Å². The third kappa shape index (κ3) is 4.81. The highest BCUT2D eigenvalue weighted by atomic mass is 35.5. The molecule has 4 aromatic carbocycles. The van der Waals surface area contributed by atoms with Gasteiger partial charge in [0.05, 0.1) is 23.5 Å². The van der Waals surface area contributed by atoms with Crippen LogP contribution in [-0.2, 0) is 0 Å². The number of carbonyl (C=O) groups is 1. The number of phenolic OH excluding ortho intramolecular Hbond substituents is 1. The second-order valence-electron chi connectivity index (χ2n) is 7.36. The van der Waals surface area contributed by atoms with E-state index in [1.54, 1.807) is 36.4 Å². The minimum absolute atomic E-state index is 0.0803. The second-order valence-corrected chi connectivity index (χ2v) is 7.79. The number of azo groups is 1. The Labute approximate surface area is 196 Å². The lowest BCUT2D eigenvalue weighted by Crippen LogP contribution is -2.13. The average molecular weight is 460 g/mol. The van der Waals surface area contributed by atoms with Gasteiger partial charge in [0.1, 0.15) is 11.4 Å². The molecule has 0 aliphatic heterocycles. The van der Waals surface area contributed by atoms with E-state index >= 15 is 0 Å². The first-order valence-electron chi connectivity index (χ1n) is 10.4. The fraction of sp³-hybridized carbons (Fsp3) is 0.115. The predicted molar refractivity (Wildman–Crippen MR) is 132 cm³/mol. The summed E-state index contributed by atoms with van der Waals surface area (Å²) < 4.78 is 5.58. The number of aromatic hydroxyl groups is 1. The van der Waals surface area contributed by atoms with E-state index in [1.807, 2.05) is 50.2 Å². The van der Waals surface area contributed by atoms with Gasteiger partial charge >= 0.3 is 0 Å². The van der Waals surface area contributed by atoms with Crippen LogP contribution in [0.25, 0.3) is 10.8 Å². The van der Waals surface area contributed by atoms with Crippen molar-refractivity contribution in [3.63, 3.8) is 0 Å². The van der Waals surface area contributed by atoms with Gasteiger partial charge in [-0.3, -0.25) is 4.79 Å². The number of nitrogens with one attached hydrogen (secondary N) is 1. The van der Waals surface area contributed by atoms with Crippen LogP contribution in [0.5, 0.6) is 11.5 Å². The number of fused-ring (bicyclic) bond motifs is 1. The third-order valence-corrected chi connectivity index (χ3v) is 5.34. The summed E-state index contributed by atoms with van der Waals surface area (Å²) in [6, 6.07) is 21.4. The summed E-state index contributed by atoms with van der Waals surface area (Å²) in [6.45, 7) is 4.22. The Balaban J connectivity index is 1.78. The second kappa shape index (κ2) is 9.71. The minimum Gasteiger partial charge on any atom is -0.505 e. The first kappa shape index (κ1) is 22.3. The summed E-state index contributed by atoms with van der Waals surface area (Å²) in [5, 5.41) is 24.4. The number of hydrogen-bond acceptors (Lipinski definition) is 5. The number of amides is 1. The maximum atomic E-state index is 13.1. The number of para-hydroxylation sites is 2. The molecule has 166 valence electrons. The maximum absolute atomic E-state index is 13.1. The molecule has 0 aliphatic rings. The summed E-state index contributed by atoms with van der Waals surface area (Å²) in [5.74, 6) is -0.200. The molecule has 0 unspecified atom stereocenters. The zero-order chi connectivity index (χ0) is 23.4. The fourth-order valence-corrected chi connectivity index (χ4v) is 3.59. The molecule has 7 heteroatoms. The molecule has 0 saturated carbocycles. The molecule has 4 aromatic rings. The molecule has 33 heavy (non-hydrogen) atoms. The van der Waals surface area contributed by atoms with E-state index in [2.05, 4.69) is 15.5 Å². The fourth-order valence-electron chi connectivity index (χ4n) is 3.43. The van der Waals surface area contributed by atoms with Crippen LogP contribution in [0.2, 0.25) is 5.02 Å². The zero-order valence-electron chi connectivity index (χ0n) is 18.2. The van der Waals surface area contributed by atoms with Crippen molar-refractivity contribution in [1.82, 2.24) is 0 Å². The molecule has 0 spiro atoms. The lowest BCUT2D eigenvalue weighted by atomic mass is 10.0. The zero-order valence-corrected chi connectivity index (χ0v) is 18.9. The van der Waals surface area contributed by atoms with Crippen molar-refractivity contribution in [2.45, 2.75) is 13.8 Å². The van der Waals surface area contributed by atoms with Gasteiger partial charge in [-0.1, -0.05) is 54.1 Å². The Morgan fingerprint density at radius 2 is 1.79 bits per heavy atom. The highest BCUT2D eigenvalue weighted by Gasteiger charge is 2.19. The standard InChI is InChI=1S/C26H22ClN3O3/c1-3-33-23-11-7-6-10-21(23)28-26(32)20-14-17-8-4-5-9-19(17)24(25(20)31)30-29-22-15-18(27)13-12-16(22)2/h4-15,31H,3H2,1-2H3,(H,28,32). The number of benzene rings is 4. The number of ether oxygens (including phenoxy) is 1. The Bertz CT molecular complexity index is 1370. The van der Waals surface area contributed by atoms with Crippen LogP contribution in [0.1, 0.15) is 22.8 Å². The Hall–Kier alpha value is -3.90. The van der Waals surface area contributed by atoms with Crippen molar-refractivity contribution in [1.29, 1.82) is 0 Å². The number of anilines is 1. The third-order valence-electron chi connectivity index (χ3n) is 5.10. The summed E-state index contributed by atoms with van der Waals surface area (Å²) in [6.07, 6.45) is 0. The lowest BCUT2D eigenvalue weighted by molar-refractivity contribution is 0.102. The smallest absolute Gasteiger partial charge is 0.259 e. The lowest BCUT2D eigenvalue weighted by Gasteiger charge is -2.13. The van der Waals surface area contributed by atoms with Gasteiger partial charge in [0.15, 0.2) is 5.75 Å². The quantitative estimate of drug-likeness (QED) is 0.291. The summed E-state index contributed by atoms with van der Waals surface area (Å²) in [5.41, 5.74) is 2.25. The van der Waals surface area contributed by atoms with Gasteiger partial charge in [0, 0.05) is 10.4 Å². The molecule has 0 aliphatic carbocycles. The minimum atomic E-state index is -0.485. The largest absolute Gasteiger partial charge is 0.505 e. The Morgan fingerprint density at radius 1 is 1.03 bits per heavy atom. The van der Waals surface area contributed by atoms with Crippen molar-refractivity contribution < 1.29 is 14.6 Å². The highest BCUT2D eigenvalue weighted by Crippen LogP contribution is 2.40. The van der Waals surface area contributed by atoms with Crippen LogP contribution >= 0.6 is 11.6 Å². The number of nitrogens with zero attached hydrogens (tertiary/aromatic N) is 2. The Morgan fingerprint density at radius 3 is 2.61 bits per heavy atom. The van der Waals surface area contributed by atoms with Crippen LogP contribution < -0.4 is 10.1 Å². The molecule has 0 aromatic heterocycles. The molecule has 0 heterocycles. The van der Waals surface area contributed by atoms with Gasteiger partial charge in [-0.25, -0.2) is 0 Å². The maximum Gasteiger partial charge on any atom is 0.259 e. The van der Waals surface area contributed by atoms with Gasteiger partial charge in [-0.05, 0) is 55.1 Å². The van der Waals surface area contributed by atoms with Gasteiger partial charge in [-0.2, -0.15) is 5.11 Å². The van der Waals surface area contributed by atoms with Crippen LogP contribution in [0, 0.1) is 6.92 Å². The van der Waals surface area contributed by atoms with Gasteiger partial charge in [0.2, 0.25) is 0 Å². The van der Waals surface area contributed by atoms with Crippen LogP contribution in [0.4, 0.5) is 17.1 Å². The molecule has 0 fully saturated rings. The van der Waals surface area contributed by atoms with E-state index in [4.69, 9.17) is 16.3 Å². The van der Waals surface area contributed by atoms with Crippen molar-refractivity contribution in [2.75, 3.05) is 11.9 Å². The number of aryl methyl sites for hydroxylation is 1. The molecule has 2 N–H and O–H groups in total. The van der Waals surface area contributed by atoms with Crippen LogP contribution in [-0.4, -0.2) is 17.6 Å². The molecule has 1 amide bonds.